The predicted molar refractivity (Wildman–Crippen MR) is 79.8 cm³/mol. The van der Waals surface area contributed by atoms with E-state index in [1.165, 1.54) is 0 Å². The second-order valence-corrected chi connectivity index (χ2v) is 4.88. The molecule has 0 saturated heterocycles. The molecule has 5 heteroatoms. The Kier molecular flexibility index (Phi) is 3.10. The molecular weight excluding hydrogens is 250 g/mol. The summed E-state index contributed by atoms with van der Waals surface area (Å²) >= 11 is 0. The minimum atomic E-state index is 0.497. The van der Waals surface area contributed by atoms with Crippen LogP contribution in [0.1, 0.15) is 24.7 Å². The Labute approximate surface area is 117 Å². The Morgan fingerprint density at radius 2 is 2.05 bits per heavy atom. The van der Waals surface area contributed by atoms with Gasteiger partial charge in [0.2, 0.25) is 0 Å². The van der Waals surface area contributed by atoms with Crippen LogP contribution in [0.25, 0.3) is 16.6 Å². The summed E-state index contributed by atoms with van der Waals surface area (Å²) in [7, 11) is 0. The van der Waals surface area contributed by atoms with Gasteiger partial charge in [0.05, 0.1) is 16.9 Å². The van der Waals surface area contributed by atoms with Gasteiger partial charge in [0.1, 0.15) is 0 Å². The molecule has 2 aromatic heterocycles. The van der Waals surface area contributed by atoms with Crippen molar-refractivity contribution < 1.29 is 0 Å². The van der Waals surface area contributed by atoms with Gasteiger partial charge in [-0.3, -0.25) is 4.98 Å². The minimum Gasteiger partial charge on any atom is -0.381 e. The molecule has 2 N–H and O–H groups in total. The van der Waals surface area contributed by atoms with E-state index < -0.39 is 0 Å². The van der Waals surface area contributed by atoms with E-state index in [0.717, 1.165) is 40.8 Å². The molecule has 2 heterocycles. The molecule has 0 bridgehead atoms. The average Bonchev–Trinajstić information content (AvgIpc) is 2.80. The first-order valence-corrected chi connectivity index (χ1v) is 6.77. The highest BCUT2D eigenvalue weighted by atomic mass is 15.4. The molecule has 0 amide bonds. The molecule has 0 aliphatic rings. The highest BCUT2D eigenvalue weighted by Gasteiger charge is 2.13. The lowest BCUT2D eigenvalue weighted by molar-refractivity contribution is 0.748. The molecule has 102 valence electrons. The molecule has 0 radical (unpaired) electrons. The van der Waals surface area contributed by atoms with Crippen molar-refractivity contribution in [2.75, 3.05) is 5.73 Å². The van der Waals surface area contributed by atoms with E-state index >= 15 is 0 Å². The maximum atomic E-state index is 5.92. The summed E-state index contributed by atoms with van der Waals surface area (Å²) in [4.78, 5) is 4.63. The fourth-order valence-corrected chi connectivity index (χ4v) is 2.38. The maximum Gasteiger partial charge on any atom is 0.169 e. The Bertz CT molecular complexity index is 760. The molecule has 0 aliphatic heterocycles. The molecule has 0 unspecified atom stereocenters. The van der Waals surface area contributed by atoms with Crippen molar-refractivity contribution in [2.45, 2.75) is 26.7 Å². The third-order valence-corrected chi connectivity index (χ3v) is 3.35. The average molecular weight is 267 g/mol. The van der Waals surface area contributed by atoms with Gasteiger partial charge in [-0.2, -0.15) is 0 Å². The fraction of sp³-hybridized carbons (Fsp3) is 0.267. The summed E-state index contributed by atoms with van der Waals surface area (Å²) in [6.45, 7) is 4.10. The molecule has 3 rings (SSSR count). The number of hydrogen-bond donors (Lipinski definition) is 1. The van der Waals surface area contributed by atoms with Gasteiger partial charge in [0.15, 0.2) is 5.82 Å². The minimum absolute atomic E-state index is 0.497. The van der Waals surface area contributed by atoms with Gasteiger partial charge >= 0.3 is 0 Å². The first-order chi connectivity index (χ1) is 9.70. The second kappa shape index (κ2) is 4.92. The summed E-state index contributed by atoms with van der Waals surface area (Å²) in [5.74, 6) is 0.497. The number of para-hydroxylation sites is 1. The summed E-state index contributed by atoms with van der Waals surface area (Å²) in [6, 6.07) is 10.1. The number of benzene rings is 1. The zero-order valence-electron chi connectivity index (χ0n) is 11.7. The normalized spacial score (nSPS) is 11.1. The van der Waals surface area contributed by atoms with Gasteiger partial charge < -0.3 is 5.73 Å². The first-order valence-electron chi connectivity index (χ1n) is 6.77. The zero-order valence-corrected chi connectivity index (χ0v) is 11.7. The van der Waals surface area contributed by atoms with Gasteiger partial charge in [-0.15, -0.1) is 5.10 Å². The van der Waals surface area contributed by atoms with Gasteiger partial charge in [0, 0.05) is 11.1 Å². The lowest BCUT2D eigenvalue weighted by atomic mass is 10.1. The van der Waals surface area contributed by atoms with Crippen LogP contribution in [0.2, 0.25) is 0 Å². The lowest BCUT2D eigenvalue weighted by Crippen LogP contribution is -2.05. The van der Waals surface area contributed by atoms with Crippen LogP contribution < -0.4 is 5.73 Å². The van der Waals surface area contributed by atoms with E-state index in [9.17, 15) is 0 Å². The molecule has 3 aromatic rings. The van der Waals surface area contributed by atoms with Crippen molar-refractivity contribution in [1.82, 2.24) is 20.0 Å². The number of rotatable bonds is 3. The molecule has 0 saturated carbocycles. The van der Waals surface area contributed by atoms with Crippen molar-refractivity contribution in [2.24, 2.45) is 0 Å². The molecule has 0 fully saturated rings. The van der Waals surface area contributed by atoms with Gasteiger partial charge in [-0.1, -0.05) is 36.8 Å². The highest BCUT2D eigenvalue weighted by molar-refractivity contribution is 5.86. The van der Waals surface area contributed by atoms with Crippen LogP contribution in [-0.2, 0) is 6.42 Å². The van der Waals surface area contributed by atoms with E-state index in [0.29, 0.717) is 5.82 Å². The number of aryl methyl sites for hydroxylation is 1. The number of fused-ring (bicyclic) bond motifs is 1. The number of pyridine rings is 1. The smallest absolute Gasteiger partial charge is 0.169 e. The van der Waals surface area contributed by atoms with Gasteiger partial charge in [-0.05, 0) is 25.5 Å². The van der Waals surface area contributed by atoms with E-state index in [1.54, 1.807) is 0 Å². The number of nitrogens with zero attached hydrogens (tertiary/aromatic N) is 4. The van der Waals surface area contributed by atoms with Crippen LogP contribution in [0.4, 0.5) is 5.82 Å². The topological polar surface area (TPSA) is 69.6 Å². The largest absolute Gasteiger partial charge is 0.381 e. The number of nitrogens with two attached hydrogens (primary N) is 1. The van der Waals surface area contributed by atoms with Crippen molar-refractivity contribution in [3.05, 3.63) is 41.7 Å². The SMILES string of the molecule is CCCc1c(N)nnn1-c1cccc2ccc(C)nc12. The van der Waals surface area contributed by atoms with Crippen LogP contribution in [0.3, 0.4) is 0 Å². The van der Waals surface area contributed by atoms with E-state index in [-0.39, 0.29) is 0 Å². The molecule has 5 nitrogen and oxygen atoms in total. The van der Waals surface area contributed by atoms with Crippen molar-refractivity contribution in [1.29, 1.82) is 0 Å². The number of anilines is 1. The molecule has 1 aromatic carbocycles. The Morgan fingerprint density at radius 3 is 2.85 bits per heavy atom. The van der Waals surface area contributed by atoms with Crippen LogP contribution in [0.15, 0.2) is 30.3 Å². The summed E-state index contributed by atoms with van der Waals surface area (Å²) < 4.78 is 1.81. The molecule has 0 atom stereocenters. The molecule has 20 heavy (non-hydrogen) atoms. The van der Waals surface area contributed by atoms with Gasteiger partial charge in [-0.25, -0.2) is 4.68 Å². The summed E-state index contributed by atoms with van der Waals surface area (Å²) in [5.41, 5.74) is 9.71. The Balaban J connectivity index is 2.27. The summed E-state index contributed by atoms with van der Waals surface area (Å²) in [6.07, 6.45) is 1.84. The monoisotopic (exact) mass is 267 g/mol. The maximum absolute atomic E-state index is 5.92. The second-order valence-electron chi connectivity index (χ2n) is 4.88. The quantitative estimate of drug-likeness (QED) is 0.792. The Morgan fingerprint density at radius 1 is 1.20 bits per heavy atom. The van der Waals surface area contributed by atoms with Crippen LogP contribution in [0.5, 0.6) is 0 Å². The Hall–Kier alpha value is -2.43. The van der Waals surface area contributed by atoms with Crippen LogP contribution in [-0.4, -0.2) is 20.0 Å². The van der Waals surface area contributed by atoms with E-state index in [4.69, 9.17) is 5.73 Å². The summed E-state index contributed by atoms with van der Waals surface area (Å²) in [5, 5.41) is 9.28. The first kappa shape index (κ1) is 12.6. The molecule has 0 spiro atoms. The van der Waals surface area contributed by atoms with Crippen molar-refractivity contribution in [3.63, 3.8) is 0 Å². The van der Waals surface area contributed by atoms with Gasteiger partial charge in [0.25, 0.3) is 0 Å². The standard InChI is InChI=1S/C15H17N5/c1-3-5-13-15(16)18-19-20(13)12-7-4-6-11-9-8-10(2)17-14(11)12/h4,6-9H,3,5,16H2,1-2H3. The molecule has 0 aliphatic carbocycles. The third-order valence-electron chi connectivity index (χ3n) is 3.35. The third kappa shape index (κ3) is 2.01. The number of hydrogen-bond acceptors (Lipinski definition) is 4. The number of nitrogen functional groups attached to an aromatic ring is 1. The highest BCUT2D eigenvalue weighted by Crippen LogP contribution is 2.23. The fourth-order valence-electron chi connectivity index (χ4n) is 2.38. The molecular formula is C15H17N5. The van der Waals surface area contributed by atoms with Crippen molar-refractivity contribution >= 4 is 16.7 Å². The van der Waals surface area contributed by atoms with Crippen LogP contribution in [0, 0.1) is 6.92 Å². The zero-order chi connectivity index (χ0) is 14.1. The van der Waals surface area contributed by atoms with Crippen molar-refractivity contribution in [3.8, 4) is 5.69 Å². The van der Waals surface area contributed by atoms with E-state index in [2.05, 4.69) is 28.3 Å². The van der Waals surface area contributed by atoms with E-state index in [1.807, 2.05) is 35.9 Å². The number of aromatic nitrogens is 4. The lowest BCUT2D eigenvalue weighted by Gasteiger charge is -2.09. The predicted octanol–water partition coefficient (Wildman–Crippen LogP) is 2.66. The van der Waals surface area contributed by atoms with Crippen LogP contribution >= 0.6 is 0 Å².